The van der Waals surface area contributed by atoms with Crippen LogP contribution in [0.25, 0.3) is 10.6 Å². The molecule has 2 aromatic heterocycles. The average Bonchev–Trinajstić information content (AvgIpc) is 2.88. The number of thiazole rings is 1. The van der Waals surface area contributed by atoms with Crippen molar-refractivity contribution in [2.75, 3.05) is 0 Å². The van der Waals surface area contributed by atoms with Gasteiger partial charge in [-0.2, -0.15) is 5.10 Å². The Labute approximate surface area is 98.1 Å². The molecule has 0 amide bonds. The number of hydrogen-bond donors (Lipinski definition) is 1. The minimum absolute atomic E-state index is 0.601. The SMILES string of the molecule is Cn1cc(-c2nc(C3CC3)c(CN)s2)cn1. The number of rotatable bonds is 3. The fourth-order valence-corrected chi connectivity index (χ4v) is 2.84. The van der Waals surface area contributed by atoms with E-state index in [1.54, 1.807) is 16.0 Å². The third-order valence-corrected chi connectivity index (χ3v) is 3.97. The molecule has 2 heterocycles. The molecule has 1 fully saturated rings. The van der Waals surface area contributed by atoms with Crippen molar-refractivity contribution in [2.45, 2.75) is 25.3 Å². The predicted octanol–water partition coefficient (Wildman–Crippen LogP) is 1.88. The van der Waals surface area contributed by atoms with Gasteiger partial charge < -0.3 is 5.73 Å². The summed E-state index contributed by atoms with van der Waals surface area (Å²) in [4.78, 5) is 5.95. The Hall–Kier alpha value is -1.20. The molecule has 0 unspecified atom stereocenters. The van der Waals surface area contributed by atoms with Gasteiger partial charge in [0.25, 0.3) is 0 Å². The lowest BCUT2D eigenvalue weighted by Gasteiger charge is -1.93. The first kappa shape index (κ1) is 9.99. The van der Waals surface area contributed by atoms with E-state index < -0.39 is 0 Å². The van der Waals surface area contributed by atoms with Crippen molar-refractivity contribution < 1.29 is 0 Å². The number of hydrogen-bond acceptors (Lipinski definition) is 4. The molecule has 2 aromatic rings. The van der Waals surface area contributed by atoms with E-state index in [2.05, 4.69) is 5.10 Å². The number of aromatic nitrogens is 3. The van der Waals surface area contributed by atoms with Gasteiger partial charge in [0, 0.05) is 36.1 Å². The Bertz CT molecular complexity index is 510. The number of nitrogens with two attached hydrogens (primary N) is 1. The minimum atomic E-state index is 0.601. The highest BCUT2D eigenvalue weighted by atomic mass is 32.1. The van der Waals surface area contributed by atoms with Crippen LogP contribution in [0.3, 0.4) is 0 Å². The van der Waals surface area contributed by atoms with Gasteiger partial charge in [-0.25, -0.2) is 4.98 Å². The molecule has 16 heavy (non-hydrogen) atoms. The first-order chi connectivity index (χ1) is 7.78. The van der Waals surface area contributed by atoms with Crippen molar-refractivity contribution in [3.05, 3.63) is 23.0 Å². The average molecular weight is 234 g/mol. The zero-order valence-corrected chi connectivity index (χ0v) is 10.00. The summed E-state index contributed by atoms with van der Waals surface area (Å²) in [5.41, 5.74) is 8.08. The van der Waals surface area contributed by atoms with Crippen LogP contribution in [-0.2, 0) is 13.6 Å². The Balaban J connectivity index is 2.01. The molecular formula is C11H14N4S. The Morgan fingerprint density at radius 1 is 1.56 bits per heavy atom. The maximum Gasteiger partial charge on any atom is 0.127 e. The van der Waals surface area contributed by atoms with E-state index in [-0.39, 0.29) is 0 Å². The monoisotopic (exact) mass is 234 g/mol. The van der Waals surface area contributed by atoms with E-state index in [4.69, 9.17) is 10.7 Å². The van der Waals surface area contributed by atoms with E-state index in [0.717, 1.165) is 10.6 Å². The highest BCUT2D eigenvalue weighted by Crippen LogP contribution is 2.43. The van der Waals surface area contributed by atoms with Crippen LogP contribution in [0, 0.1) is 0 Å². The van der Waals surface area contributed by atoms with E-state index in [9.17, 15) is 0 Å². The summed E-state index contributed by atoms with van der Waals surface area (Å²) in [6, 6.07) is 0. The maximum absolute atomic E-state index is 5.76. The zero-order chi connectivity index (χ0) is 11.1. The van der Waals surface area contributed by atoms with Gasteiger partial charge in [-0.3, -0.25) is 4.68 Å². The van der Waals surface area contributed by atoms with Gasteiger partial charge in [-0.05, 0) is 12.8 Å². The Morgan fingerprint density at radius 3 is 2.94 bits per heavy atom. The minimum Gasteiger partial charge on any atom is -0.326 e. The number of nitrogens with zero attached hydrogens (tertiary/aromatic N) is 3. The van der Waals surface area contributed by atoms with Crippen LogP contribution in [0.2, 0.25) is 0 Å². The van der Waals surface area contributed by atoms with E-state index in [0.29, 0.717) is 12.5 Å². The van der Waals surface area contributed by atoms with Crippen LogP contribution in [0.1, 0.15) is 29.3 Å². The third kappa shape index (κ3) is 1.66. The fraction of sp³-hybridized carbons (Fsp3) is 0.455. The van der Waals surface area contributed by atoms with E-state index in [1.165, 1.54) is 23.4 Å². The topological polar surface area (TPSA) is 56.7 Å². The van der Waals surface area contributed by atoms with Crippen LogP contribution in [-0.4, -0.2) is 14.8 Å². The van der Waals surface area contributed by atoms with E-state index >= 15 is 0 Å². The van der Waals surface area contributed by atoms with Crippen LogP contribution >= 0.6 is 11.3 Å². The smallest absolute Gasteiger partial charge is 0.127 e. The van der Waals surface area contributed by atoms with Gasteiger partial charge in [0.05, 0.1) is 11.9 Å². The van der Waals surface area contributed by atoms with Gasteiger partial charge in [0.2, 0.25) is 0 Å². The molecule has 0 saturated heterocycles. The molecule has 0 aliphatic heterocycles. The molecule has 84 valence electrons. The first-order valence-electron chi connectivity index (χ1n) is 5.46. The van der Waals surface area contributed by atoms with Gasteiger partial charge in [0.1, 0.15) is 5.01 Å². The largest absolute Gasteiger partial charge is 0.326 e. The van der Waals surface area contributed by atoms with Gasteiger partial charge in [0.15, 0.2) is 0 Å². The fourth-order valence-electron chi connectivity index (χ4n) is 1.84. The second kappa shape index (κ2) is 3.68. The summed E-state index contributed by atoms with van der Waals surface area (Å²) in [5, 5.41) is 5.22. The lowest BCUT2D eigenvalue weighted by molar-refractivity contribution is 0.768. The third-order valence-electron chi connectivity index (χ3n) is 2.83. The van der Waals surface area contributed by atoms with Gasteiger partial charge in [-0.1, -0.05) is 0 Å². The molecule has 1 aliphatic rings. The zero-order valence-electron chi connectivity index (χ0n) is 9.18. The summed E-state index contributed by atoms with van der Waals surface area (Å²) in [5.74, 6) is 0.667. The molecule has 0 spiro atoms. The van der Waals surface area contributed by atoms with Crippen molar-refractivity contribution in [3.63, 3.8) is 0 Å². The summed E-state index contributed by atoms with van der Waals surface area (Å²) in [7, 11) is 1.92. The molecular weight excluding hydrogens is 220 g/mol. The summed E-state index contributed by atoms with van der Waals surface area (Å²) >= 11 is 1.70. The van der Waals surface area contributed by atoms with Crippen LogP contribution in [0.5, 0.6) is 0 Å². The van der Waals surface area contributed by atoms with Crippen LogP contribution in [0.4, 0.5) is 0 Å². The predicted molar refractivity (Wildman–Crippen MR) is 64.2 cm³/mol. The van der Waals surface area contributed by atoms with Crippen molar-refractivity contribution in [1.29, 1.82) is 0 Å². The van der Waals surface area contributed by atoms with E-state index in [1.807, 2.05) is 19.4 Å². The molecule has 1 aliphatic carbocycles. The highest BCUT2D eigenvalue weighted by Gasteiger charge is 2.29. The van der Waals surface area contributed by atoms with Crippen LogP contribution < -0.4 is 5.73 Å². The molecule has 0 aromatic carbocycles. The Kier molecular flexibility index (Phi) is 2.29. The van der Waals surface area contributed by atoms with Gasteiger partial charge >= 0.3 is 0 Å². The highest BCUT2D eigenvalue weighted by molar-refractivity contribution is 7.15. The summed E-state index contributed by atoms with van der Waals surface area (Å²) < 4.78 is 1.80. The second-order valence-corrected chi connectivity index (χ2v) is 5.29. The molecule has 4 nitrogen and oxygen atoms in total. The lowest BCUT2D eigenvalue weighted by Crippen LogP contribution is -1.96. The molecule has 2 N–H and O–H groups in total. The molecule has 5 heteroatoms. The lowest BCUT2D eigenvalue weighted by atomic mass is 10.2. The standard InChI is InChI=1S/C11H14N4S/c1-15-6-8(5-13-15)11-14-10(7-2-3-7)9(4-12)16-11/h5-7H,2-4,12H2,1H3. The van der Waals surface area contributed by atoms with Crippen molar-refractivity contribution in [1.82, 2.24) is 14.8 Å². The summed E-state index contributed by atoms with van der Waals surface area (Å²) in [6.45, 7) is 0.601. The maximum atomic E-state index is 5.76. The summed E-state index contributed by atoms with van der Waals surface area (Å²) in [6.07, 6.45) is 6.39. The normalized spacial score (nSPS) is 15.6. The van der Waals surface area contributed by atoms with Crippen molar-refractivity contribution in [2.24, 2.45) is 12.8 Å². The first-order valence-corrected chi connectivity index (χ1v) is 6.28. The van der Waals surface area contributed by atoms with Crippen molar-refractivity contribution >= 4 is 11.3 Å². The molecule has 0 bridgehead atoms. The Morgan fingerprint density at radius 2 is 2.38 bits per heavy atom. The molecule has 0 radical (unpaired) electrons. The van der Waals surface area contributed by atoms with Gasteiger partial charge in [-0.15, -0.1) is 11.3 Å². The van der Waals surface area contributed by atoms with Crippen LogP contribution in [0.15, 0.2) is 12.4 Å². The number of aryl methyl sites for hydroxylation is 1. The quantitative estimate of drug-likeness (QED) is 0.882. The molecule has 3 rings (SSSR count). The van der Waals surface area contributed by atoms with Crippen molar-refractivity contribution in [3.8, 4) is 10.6 Å². The second-order valence-electron chi connectivity index (χ2n) is 4.21. The molecule has 1 saturated carbocycles. The molecule has 0 atom stereocenters.